The molecule has 1 aliphatic rings. The number of halogens is 1. The molecular formula is C13H12FNO5S. The number of hydrogen-bond donors (Lipinski definition) is 1. The summed E-state index contributed by atoms with van der Waals surface area (Å²) in [6.07, 6.45) is 0.267. The lowest BCUT2D eigenvalue weighted by Gasteiger charge is -2.13. The number of benzene rings is 1. The fourth-order valence-electron chi connectivity index (χ4n) is 2.39. The smallest absolute Gasteiger partial charge is 0.307 e. The normalized spacial score (nSPS) is 20.1. The molecule has 1 atom stereocenters. The molecule has 8 heteroatoms. The fourth-order valence-corrected chi connectivity index (χ4v) is 3.84. The molecule has 1 fully saturated rings. The van der Waals surface area contributed by atoms with Crippen molar-refractivity contribution in [3.8, 4) is 0 Å². The maximum atomic E-state index is 13.1. The second-order valence-electron chi connectivity index (χ2n) is 4.93. The number of hydrogen-bond acceptors (Lipinski definition) is 4. The minimum absolute atomic E-state index is 0.0803. The zero-order valence-electron chi connectivity index (χ0n) is 10.8. The van der Waals surface area contributed by atoms with E-state index in [9.17, 15) is 17.6 Å². The molecule has 0 bridgehead atoms. The van der Waals surface area contributed by atoms with Crippen LogP contribution in [0.1, 0.15) is 6.42 Å². The third-order valence-electron chi connectivity index (χ3n) is 3.55. The molecule has 1 unspecified atom stereocenters. The minimum atomic E-state index is -3.90. The Morgan fingerprint density at radius 1 is 1.38 bits per heavy atom. The van der Waals surface area contributed by atoms with Gasteiger partial charge in [-0.25, -0.2) is 12.8 Å². The van der Waals surface area contributed by atoms with Gasteiger partial charge in [0, 0.05) is 24.5 Å². The molecule has 1 aliphatic heterocycles. The predicted octanol–water partition coefficient (Wildman–Crippen LogP) is 1.67. The van der Waals surface area contributed by atoms with Crippen LogP contribution in [0.4, 0.5) is 4.39 Å². The number of nitrogens with zero attached hydrogens (tertiary/aromatic N) is 1. The Hall–Kier alpha value is -1.93. The Balaban J connectivity index is 1.95. The molecule has 0 radical (unpaired) electrons. The predicted molar refractivity (Wildman–Crippen MR) is 70.7 cm³/mol. The highest BCUT2D eigenvalue weighted by Gasteiger charge is 2.37. The van der Waals surface area contributed by atoms with E-state index in [1.807, 2.05) is 0 Å². The van der Waals surface area contributed by atoms with Crippen LogP contribution in [0.2, 0.25) is 0 Å². The van der Waals surface area contributed by atoms with Crippen LogP contribution in [0.5, 0.6) is 0 Å². The van der Waals surface area contributed by atoms with E-state index in [0.717, 1.165) is 4.31 Å². The SMILES string of the molecule is O=C(O)C1CCN(S(=O)(=O)c2cc3cc(F)ccc3o2)C1. The zero-order chi connectivity index (χ0) is 15.2. The van der Waals surface area contributed by atoms with Crippen LogP contribution < -0.4 is 0 Å². The van der Waals surface area contributed by atoms with E-state index >= 15 is 0 Å². The topological polar surface area (TPSA) is 87.8 Å². The summed E-state index contributed by atoms with van der Waals surface area (Å²) >= 11 is 0. The van der Waals surface area contributed by atoms with E-state index in [1.165, 1.54) is 24.3 Å². The summed E-state index contributed by atoms with van der Waals surface area (Å²) in [4.78, 5) is 10.9. The van der Waals surface area contributed by atoms with Crippen molar-refractivity contribution in [1.29, 1.82) is 0 Å². The van der Waals surface area contributed by atoms with Gasteiger partial charge in [0.25, 0.3) is 10.0 Å². The highest BCUT2D eigenvalue weighted by molar-refractivity contribution is 7.89. The van der Waals surface area contributed by atoms with Gasteiger partial charge in [-0.05, 0) is 24.6 Å². The van der Waals surface area contributed by atoms with Gasteiger partial charge in [-0.3, -0.25) is 4.79 Å². The van der Waals surface area contributed by atoms with Crippen LogP contribution in [0.15, 0.2) is 33.8 Å². The van der Waals surface area contributed by atoms with Crippen LogP contribution >= 0.6 is 0 Å². The molecule has 0 spiro atoms. The molecule has 1 saturated heterocycles. The maximum Gasteiger partial charge on any atom is 0.307 e. The first-order valence-electron chi connectivity index (χ1n) is 6.30. The highest BCUT2D eigenvalue weighted by atomic mass is 32.2. The van der Waals surface area contributed by atoms with Gasteiger partial charge in [-0.15, -0.1) is 0 Å². The second kappa shape index (κ2) is 4.81. The van der Waals surface area contributed by atoms with Gasteiger partial charge in [0.15, 0.2) is 0 Å². The number of carboxylic acid groups (broad SMARTS) is 1. The van der Waals surface area contributed by atoms with Crippen molar-refractivity contribution >= 4 is 27.0 Å². The van der Waals surface area contributed by atoms with Crippen molar-refractivity contribution in [3.05, 3.63) is 30.1 Å². The van der Waals surface area contributed by atoms with Crippen LogP contribution in [-0.2, 0) is 14.8 Å². The first-order valence-corrected chi connectivity index (χ1v) is 7.74. The molecule has 112 valence electrons. The van der Waals surface area contributed by atoms with Crippen molar-refractivity contribution in [2.24, 2.45) is 5.92 Å². The second-order valence-corrected chi connectivity index (χ2v) is 6.80. The highest BCUT2D eigenvalue weighted by Crippen LogP contribution is 2.29. The molecule has 21 heavy (non-hydrogen) atoms. The lowest BCUT2D eigenvalue weighted by Crippen LogP contribution is -2.29. The lowest BCUT2D eigenvalue weighted by atomic mass is 10.1. The largest absolute Gasteiger partial charge is 0.481 e. The molecule has 3 rings (SSSR count). The van der Waals surface area contributed by atoms with Crippen molar-refractivity contribution < 1.29 is 27.1 Å². The van der Waals surface area contributed by atoms with Crippen molar-refractivity contribution in [2.75, 3.05) is 13.1 Å². The fraction of sp³-hybridized carbons (Fsp3) is 0.308. The number of fused-ring (bicyclic) bond motifs is 1. The molecule has 2 heterocycles. The van der Waals surface area contributed by atoms with E-state index in [4.69, 9.17) is 9.52 Å². The van der Waals surface area contributed by atoms with E-state index in [2.05, 4.69) is 0 Å². The van der Waals surface area contributed by atoms with Gasteiger partial charge in [0.1, 0.15) is 11.4 Å². The van der Waals surface area contributed by atoms with Crippen LogP contribution in [-0.4, -0.2) is 36.9 Å². The van der Waals surface area contributed by atoms with E-state index < -0.39 is 27.7 Å². The Labute approximate surface area is 119 Å². The van der Waals surface area contributed by atoms with Crippen LogP contribution in [0.3, 0.4) is 0 Å². The van der Waals surface area contributed by atoms with Gasteiger partial charge in [-0.1, -0.05) is 0 Å². The van der Waals surface area contributed by atoms with Crippen LogP contribution in [0.25, 0.3) is 11.0 Å². The average Bonchev–Trinajstić information content (AvgIpc) is 3.05. The molecule has 0 saturated carbocycles. The Morgan fingerprint density at radius 2 is 2.14 bits per heavy atom. The van der Waals surface area contributed by atoms with E-state index in [0.29, 0.717) is 5.39 Å². The number of aliphatic carboxylic acids is 1. The number of sulfonamides is 1. The first kappa shape index (κ1) is 14.0. The monoisotopic (exact) mass is 313 g/mol. The zero-order valence-corrected chi connectivity index (χ0v) is 11.6. The maximum absolute atomic E-state index is 13.1. The number of carbonyl (C=O) groups is 1. The van der Waals surface area contributed by atoms with Crippen molar-refractivity contribution in [3.63, 3.8) is 0 Å². The molecule has 0 amide bonds. The van der Waals surface area contributed by atoms with Crippen molar-refractivity contribution in [1.82, 2.24) is 4.31 Å². The molecule has 1 aromatic carbocycles. The van der Waals surface area contributed by atoms with Gasteiger partial charge in [-0.2, -0.15) is 4.31 Å². The molecule has 0 aliphatic carbocycles. The first-order chi connectivity index (χ1) is 9.88. The number of furan rings is 1. The Kier molecular flexibility index (Phi) is 3.22. The molecule has 2 aromatic rings. The van der Waals surface area contributed by atoms with Gasteiger partial charge in [0.05, 0.1) is 5.92 Å². The third kappa shape index (κ3) is 2.40. The summed E-state index contributed by atoms with van der Waals surface area (Å²) < 4.78 is 44.3. The Bertz CT molecular complexity index is 813. The summed E-state index contributed by atoms with van der Waals surface area (Å²) in [7, 11) is -3.90. The summed E-state index contributed by atoms with van der Waals surface area (Å²) in [5.74, 6) is -2.21. The van der Waals surface area contributed by atoms with Gasteiger partial charge >= 0.3 is 5.97 Å². The van der Waals surface area contributed by atoms with Crippen molar-refractivity contribution in [2.45, 2.75) is 11.5 Å². The van der Waals surface area contributed by atoms with E-state index in [-0.39, 0.29) is 30.2 Å². The molecule has 6 nitrogen and oxygen atoms in total. The Morgan fingerprint density at radius 3 is 2.81 bits per heavy atom. The van der Waals surface area contributed by atoms with Crippen LogP contribution in [0, 0.1) is 11.7 Å². The summed E-state index contributed by atoms with van der Waals surface area (Å²) in [5.41, 5.74) is 0.268. The van der Waals surface area contributed by atoms with Gasteiger partial charge in [0.2, 0.25) is 5.09 Å². The molecule has 1 N–H and O–H groups in total. The summed E-state index contributed by atoms with van der Waals surface area (Å²) in [6, 6.07) is 4.97. The number of rotatable bonds is 3. The third-order valence-corrected chi connectivity index (χ3v) is 5.27. The van der Waals surface area contributed by atoms with Gasteiger partial charge < -0.3 is 9.52 Å². The standard InChI is InChI=1S/C13H12FNO5S/c14-10-1-2-11-9(5-10)6-12(20-11)21(18,19)15-4-3-8(7-15)13(16)17/h1-2,5-6,8H,3-4,7H2,(H,16,17). The molecule has 1 aromatic heterocycles. The molecular weight excluding hydrogens is 301 g/mol. The number of carboxylic acids is 1. The quantitative estimate of drug-likeness (QED) is 0.931. The summed E-state index contributed by atoms with van der Waals surface area (Å²) in [5, 5.41) is 8.98. The minimum Gasteiger partial charge on any atom is -0.481 e. The lowest BCUT2D eigenvalue weighted by molar-refractivity contribution is -0.141. The summed E-state index contributed by atoms with van der Waals surface area (Å²) in [6.45, 7) is 0.0494. The average molecular weight is 313 g/mol. The van der Waals surface area contributed by atoms with E-state index in [1.54, 1.807) is 0 Å².